The number of nitrogens with zero attached hydrogens (tertiary/aromatic N) is 4. The van der Waals surface area contributed by atoms with E-state index in [-0.39, 0.29) is 0 Å². The maximum atomic E-state index is 11.2. The van der Waals surface area contributed by atoms with Crippen LogP contribution in [0.4, 0.5) is 0 Å². The number of carbonyl (C=O) groups is 1. The SMILES string of the molecule is CCn1nnc(-c2cccc(C(N)=O)c2I)n1. The van der Waals surface area contributed by atoms with E-state index in [1.807, 2.05) is 13.0 Å². The summed E-state index contributed by atoms with van der Waals surface area (Å²) in [7, 11) is 0. The van der Waals surface area contributed by atoms with E-state index in [0.29, 0.717) is 17.9 Å². The second-order valence-electron chi connectivity index (χ2n) is 3.33. The molecule has 7 heteroatoms. The van der Waals surface area contributed by atoms with Crippen molar-refractivity contribution >= 4 is 28.5 Å². The van der Waals surface area contributed by atoms with Gasteiger partial charge in [0.25, 0.3) is 0 Å². The van der Waals surface area contributed by atoms with Crippen molar-refractivity contribution < 1.29 is 4.79 Å². The number of hydrogen-bond donors (Lipinski definition) is 1. The number of hydrogen-bond acceptors (Lipinski definition) is 4. The first-order valence-electron chi connectivity index (χ1n) is 5.00. The smallest absolute Gasteiger partial charge is 0.249 e. The van der Waals surface area contributed by atoms with Crippen molar-refractivity contribution in [2.24, 2.45) is 5.73 Å². The van der Waals surface area contributed by atoms with Crippen LogP contribution in [-0.2, 0) is 6.54 Å². The van der Waals surface area contributed by atoms with Crippen molar-refractivity contribution in [3.8, 4) is 11.4 Å². The summed E-state index contributed by atoms with van der Waals surface area (Å²) in [5.41, 5.74) is 6.52. The van der Waals surface area contributed by atoms with Gasteiger partial charge in [-0.15, -0.1) is 10.2 Å². The van der Waals surface area contributed by atoms with Gasteiger partial charge in [-0.05, 0) is 46.9 Å². The summed E-state index contributed by atoms with van der Waals surface area (Å²) in [6.07, 6.45) is 0. The summed E-state index contributed by atoms with van der Waals surface area (Å²) in [6.45, 7) is 2.58. The molecular weight excluding hydrogens is 333 g/mol. The quantitative estimate of drug-likeness (QED) is 0.845. The molecule has 0 saturated heterocycles. The molecule has 6 nitrogen and oxygen atoms in total. The number of rotatable bonds is 3. The summed E-state index contributed by atoms with van der Waals surface area (Å²) in [4.78, 5) is 12.7. The number of amides is 1. The van der Waals surface area contributed by atoms with E-state index in [1.54, 1.807) is 12.1 Å². The normalized spacial score (nSPS) is 10.5. The molecule has 0 bridgehead atoms. The summed E-state index contributed by atoms with van der Waals surface area (Å²) in [6, 6.07) is 5.27. The van der Waals surface area contributed by atoms with E-state index >= 15 is 0 Å². The lowest BCUT2D eigenvalue weighted by molar-refractivity contribution is 0.0999. The Bertz CT molecular complexity index is 566. The molecule has 0 aliphatic rings. The zero-order valence-corrected chi connectivity index (χ0v) is 11.2. The van der Waals surface area contributed by atoms with E-state index in [0.717, 1.165) is 9.13 Å². The van der Waals surface area contributed by atoms with Crippen LogP contribution in [0.25, 0.3) is 11.4 Å². The minimum absolute atomic E-state index is 0.459. The van der Waals surface area contributed by atoms with Crippen LogP contribution in [-0.4, -0.2) is 26.1 Å². The van der Waals surface area contributed by atoms with Gasteiger partial charge in [0, 0.05) is 9.13 Å². The van der Waals surface area contributed by atoms with Crippen LogP contribution < -0.4 is 5.73 Å². The van der Waals surface area contributed by atoms with Gasteiger partial charge in [-0.2, -0.15) is 4.80 Å². The minimum atomic E-state index is -0.459. The van der Waals surface area contributed by atoms with E-state index < -0.39 is 5.91 Å². The largest absolute Gasteiger partial charge is 0.366 e. The molecule has 0 aliphatic heterocycles. The van der Waals surface area contributed by atoms with Gasteiger partial charge in [0.15, 0.2) is 0 Å². The standard InChI is InChI=1S/C10H10IN5O/c1-2-16-14-10(13-15-16)7-5-3-4-6(8(7)11)9(12)17/h3-5H,2H2,1H3,(H2,12,17). The molecule has 1 heterocycles. The molecule has 1 aromatic heterocycles. The Kier molecular flexibility index (Phi) is 3.36. The highest BCUT2D eigenvalue weighted by Crippen LogP contribution is 2.24. The highest BCUT2D eigenvalue weighted by Gasteiger charge is 2.14. The summed E-state index contributed by atoms with van der Waals surface area (Å²) in [5, 5.41) is 12.0. The Morgan fingerprint density at radius 3 is 2.88 bits per heavy atom. The Morgan fingerprint density at radius 2 is 2.29 bits per heavy atom. The summed E-state index contributed by atoms with van der Waals surface area (Å²) in [5.74, 6) is 0.0403. The highest BCUT2D eigenvalue weighted by atomic mass is 127. The van der Waals surface area contributed by atoms with Crippen molar-refractivity contribution in [3.63, 3.8) is 0 Å². The first kappa shape index (κ1) is 12.0. The molecule has 0 spiro atoms. The molecule has 88 valence electrons. The predicted octanol–water partition coefficient (Wildman–Crippen LogP) is 1.06. The molecule has 0 unspecified atom stereocenters. The summed E-state index contributed by atoms with van der Waals surface area (Å²) >= 11 is 2.06. The molecule has 2 aromatic rings. The highest BCUT2D eigenvalue weighted by molar-refractivity contribution is 14.1. The first-order chi connectivity index (χ1) is 8.13. The fourth-order valence-corrected chi connectivity index (χ4v) is 2.25. The van der Waals surface area contributed by atoms with Gasteiger partial charge < -0.3 is 5.73 Å². The Hall–Kier alpha value is -1.51. The molecule has 1 aromatic carbocycles. The molecule has 0 aliphatic carbocycles. The van der Waals surface area contributed by atoms with Crippen molar-refractivity contribution in [2.75, 3.05) is 0 Å². The minimum Gasteiger partial charge on any atom is -0.366 e. The van der Waals surface area contributed by atoms with Gasteiger partial charge in [-0.3, -0.25) is 4.79 Å². The van der Waals surface area contributed by atoms with Crippen LogP contribution in [0, 0.1) is 3.57 Å². The number of tetrazole rings is 1. The van der Waals surface area contributed by atoms with Crippen LogP contribution in [0.3, 0.4) is 0 Å². The molecule has 1 amide bonds. The van der Waals surface area contributed by atoms with Crippen LogP contribution >= 0.6 is 22.6 Å². The van der Waals surface area contributed by atoms with Crippen LogP contribution in [0.1, 0.15) is 17.3 Å². The lowest BCUT2D eigenvalue weighted by Crippen LogP contribution is -2.13. The van der Waals surface area contributed by atoms with E-state index in [1.165, 1.54) is 4.80 Å². The van der Waals surface area contributed by atoms with Gasteiger partial charge in [-0.25, -0.2) is 0 Å². The van der Waals surface area contributed by atoms with Crippen molar-refractivity contribution in [3.05, 3.63) is 27.3 Å². The maximum absolute atomic E-state index is 11.2. The van der Waals surface area contributed by atoms with Gasteiger partial charge in [0.05, 0.1) is 12.1 Å². The second-order valence-corrected chi connectivity index (χ2v) is 4.41. The number of carbonyl (C=O) groups excluding carboxylic acids is 1. The van der Waals surface area contributed by atoms with Gasteiger partial charge >= 0.3 is 0 Å². The fraction of sp³-hybridized carbons (Fsp3) is 0.200. The molecule has 2 rings (SSSR count). The predicted molar refractivity (Wildman–Crippen MR) is 70.2 cm³/mol. The van der Waals surface area contributed by atoms with Gasteiger partial charge in [0.1, 0.15) is 0 Å². The van der Waals surface area contributed by atoms with Gasteiger partial charge in [-0.1, -0.05) is 6.07 Å². The Labute approximate surface area is 111 Å². The zero-order chi connectivity index (χ0) is 12.4. The van der Waals surface area contributed by atoms with Crippen molar-refractivity contribution in [2.45, 2.75) is 13.5 Å². The number of halogens is 1. The maximum Gasteiger partial charge on any atom is 0.249 e. The zero-order valence-electron chi connectivity index (χ0n) is 9.09. The number of benzene rings is 1. The topological polar surface area (TPSA) is 86.7 Å². The number of primary amides is 1. The van der Waals surface area contributed by atoms with Crippen LogP contribution in [0.15, 0.2) is 18.2 Å². The average Bonchev–Trinajstić information content (AvgIpc) is 2.77. The fourth-order valence-electron chi connectivity index (χ4n) is 1.38. The van der Waals surface area contributed by atoms with Gasteiger partial charge in [0.2, 0.25) is 11.7 Å². The van der Waals surface area contributed by atoms with Crippen molar-refractivity contribution in [1.82, 2.24) is 20.2 Å². The third-order valence-electron chi connectivity index (χ3n) is 2.24. The lowest BCUT2D eigenvalue weighted by Gasteiger charge is -2.03. The lowest BCUT2D eigenvalue weighted by atomic mass is 10.1. The van der Waals surface area contributed by atoms with E-state index in [9.17, 15) is 4.79 Å². The third-order valence-corrected chi connectivity index (χ3v) is 3.40. The molecular formula is C10H10IN5O. The van der Waals surface area contributed by atoms with E-state index in [4.69, 9.17) is 5.73 Å². The molecule has 0 atom stereocenters. The number of aromatic nitrogens is 4. The van der Waals surface area contributed by atoms with Crippen molar-refractivity contribution in [1.29, 1.82) is 0 Å². The third kappa shape index (κ3) is 2.28. The summed E-state index contributed by atoms with van der Waals surface area (Å²) < 4.78 is 0.744. The van der Waals surface area contributed by atoms with Crippen LogP contribution in [0.5, 0.6) is 0 Å². The Balaban J connectivity index is 2.52. The molecule has 2 N–H and O–H groups in total. The molecule has 17 heavy (non-hydrogen) atoms. The van der Waals surface area contributed by atoms with E-state index in [2.05, 4.69) is 38.0 Å². The molecule has 0 saturated carbocycles. The second kappa shape index (κ2) is 4.78. The molecule has 0 fully saturated rings. The number of aryl methyl sites for hydroxylation is 1. The average molecular weight is 343 g/mol. The number of nitrogens with two attached hydrogens (primary N) is 1. The Morgan fingerprint density at radius 1 is 1.53 bits per heavy atom. The first-order valence-corrected chi connectivity index (χ1v) is 6.08. The molecule has 0 radical (unpaired) electrons. The van der Waals surface area contributed by atoms with Crippen LogP contribution in [0.2, 0.25) is 0 Å². The monoisotopic (exact) mass is 343 g/mol.